The number of alkyl halides is 1. The van der Waals surface area contributed by atoms with E-state index in [0.29, 0.717) is 11.5 Å². The molecule has 0 spiro atoms. The Kier molecular flexibility index (Phi) is 8.03. The van der Waals surface area contributed by atoms with Gasteiger partial charge in [0.05, 0.1) is 0 Å². The predicted molar refractivity (Wildman–Crippen MR) is 84.2 cm³/mol. The van der Waals surface area contributed by atoms with Gasteiger partial charge in [0, 0.05) is 17.0 Å². The van der Waals surface area contributed by atoms with Crippen molar-refractivity contribution in [1.29, 1.82) is 0 Å². The minimum absolute atomic E-state index is 0. The summed E-state index contributed by atoms with van der Waals surface area (Å²) in [5.41, 5.74) is 6.30. The lowest BCUT2D eigenvalue weighted by atomic mass is 10.1. The Morgan fingerprint density at radius 2 is 1.89 bits per heavy atom. The minimum atomic E-state index is -0.758. The van der Waals surface area contributed by atoms with Crippen LogP contribution in [0, 0.1) is 0 Å². The lowest BCUT2D eigenvalue weighted by molar-refractivity contribution is 0.101. The average Bonchev–Trinajstić information content (AvgIpc) is 2.29. The molecule has 19 heavy (non-hydrogen) atoms. The van der Waals surface area contributed by atoms with Gasteiger partial charge in [0.1, 0.15) is 5.00 Å². The van der Waals surface area contributed by atoms with Gasteiger partial charge in [0.2, 0.25) is 0 Å². The van der Waals surface area contributed by atoms with Crippen LogP contribution in [0.15, 0.2) is 53.6 Å². The van der Waals surface area contributed by atoms with Crippen molar-refractivity contribution in [2.24, 2.45) is 5.73 Å². The maximum absolute atomic E-state index is 10.6. The zero-order chi connectivity index (χ0) is 13.6. The first-order valence-corrected chi connectivity index (χ1v) is 6.25. The highest BCUT2D eigenvalue weighted by molar-refractivity contribution is 6.33. The molecule has 0 bridgehead atoms. The number of hydrogen-bond acceptors (Lipinski definition) is 2. The van der Waals surface area contributed by atoms with E-state index in [4.69, 9.17) is 28.9 Å². The van der Waals surface area contributed by atoms with E-state index >= 15 is 0 Å². The number of carbonyl (C=O) groups excluding carboxylic acids is 1. The first kappa shape index (κ1) is 18.2. The number of hydrogen-bond donors (Lipinski definition) is 1. The standard InChI is InChI=1S/C8H8O.C6H7Cl2N.ClH/c1-7(9)8-5-3-2-4-6-8;7-5-2-1-3-6(8,9)4-5;/h2-6H,1H3;1-2,4H,3,9H2;1H. The summed E-state index contributed by atoms with van der Waals surface area (Å²) in [5, 5.41) is 0.610. The van der Waals surface area contributed by atoms with Crippen molar-refractivity contribution in [3.8, 4) is 0 Å². The fourth-order valence-corrected chi connectivity index (χ4v) is 1.91. The zero-order valence-electron chi connectivity index (χ0n) is 10.5. The first-order chi connectivity index (χ1) is 8.41. The Bertz CT molecular complexity index is 467. The van der Waals surface area contributed by atoms with Gasteiger partial charge >= 0.3 is 0 Å². The molecule has 104 valence electrons. The molecule has 0 radical (unpaired) electrons. The van der Waals surface area contributed by atoms with Crippen LogP contribution in [-0.2, 0) is 0 Å². The van der Waals surface area contributed by atoms with Crippen LogP contribution in [0.25, 0.3) is 0 Å². The fourth-order valence-electron chi connectivity index (χ4n) is 1.36. The van der Waals surface area contributed by atoms with Crippen LogP contribution in [0.4, 0.5) is 0 Å². The van der Waals surface area contributed by atoms with Crippen molar-refractivity contribution >= 4 is 41.4 Å². The number of rotatable bonds is 1. The van der Waals surface area contributed by atoms with Gasteiger partial charge in [-0.25, -0.2) is 0 Å². The third-order valence-electron chi connectivity index (χ3n) is 2.27. The molecule has 2 nitrogen and oxygen atoms in total. The van der Waals surface area contributed by atoms with Gasteiger partial charge in [0.25, 0.3) is 0 Å². The number of carbonyl (C=O) groups is 1. The number of benzene rings is 1. The monoisotopic (exact) mass is 319 g/mol. The van der Waals surface area contributed by atoms with E-state index in [-0.39, 0.29) is 18.2 Å². The van der Waals surface area contributed by atoms with E-state index in [0.717, 1.165) is 5.56 Å². The van der Waals surface area contributed by atoms with Crippen LogP contribution in [0.1, 0.15) is 23.7 Å². The molecule has 1 unspecified atom stereocenters. The van der Waals surface area contributed by atoms with Gasteiger partial charge < -0.3 is 5.73 Å². The minimum Gasteiger partial charge on any atom is -0.309 e. The highest BCUT2D eigenvalue weighted by Crippen LogP contribution is 2.23. The molecule has 2 N–H and O–H groups in total. The van der Waals surface area contributed by atoms with E-state index in [9.17, 15) is 4.79 Å². The van der Waals surface area contributed by atoms with Crippen LogP contribution >= 0.6 is 35.6 Å². The van der Waals surface area contributed by atoms with Gasteiger partial charge in [-0.05, 0) is 19.1 Å². The smallest absolute Gasteiger partial charge is 0.159 e. The highest BCUT2D eigenvalue weighted by Gasteiger charge is 2.18. The van der Waals surface area contributed by atoms with Crippen molar-refractivity contribution in [3.63, 3.8) is 0 Å². The molecule has 1 aliphatic carbocycles. The number of allylic oxidation sites excluding steroid dienone is 2. The SMILES string of the molecule is CC(=O)c1ccccc1.Cl.NC1(Cl)C=C(Cl)C=CC1. The largest absolute Gasteiger partial charge is 0.309 e. The second kappa shape index (κ2) is 8.39. The summed E-state index contributed by atoms with van der Waals surface area (Å²) in [4.78, 5) is 9.89. The van der Waals surface area contributed by atoms with E-state index < -0.39 is 5.00 Å². The third kappa shape index (κ3) is 7.38. The maximum atomic E-state index is 10.6. The van der Waals surface area contributed by atoms with E-state index in [2.05, 4.69) is 0 Å². The quantitative estimate of drug-likeness (QED) is 0.477. The average molecular weight is 321 g/mol. The summed E-state index contributed by atoms with van der Waals surface area (Å²) in [6, 6.07) is 9.23. The van der Waals surface area contributed by atoms with Crippen molar-refractivity contribution in [2.75, 3.05) is 0 Å². The summed E-state index contributed by atoms with van der Waals surface area (Å²) < 4.78 is 0. The normalized spacial score (nSPS) is 20.5. The summed E-state index contributed by atoms with van der Waals surface area (Å²) in [6.45, 7) is 1.56. The summed E-state index contributed by atoms with van der Waals surface area (Å²) in [7, 11) is 0. The third-order valence-corrected chi connectivity index (χ3v) is 2.76. The number of halogens is 3. The molecule has 5 heteroatoms. The summed E-state index contributed by atoms with van der Waals surface area (Å²) in [6.07, 6.45) is 5.92. The number of nitrogens with two attached hydrogens (primary N) is 1. The van der Waals surface area contributed by atoms with Gasteiger partial charge in [0.15, 0.2) is 5.78 Å². The van der Waals surface area contributed by atoms with Crippen molar-refractivity contribution < 1.29 is 4.79 Å². The second-order valence-corrected chi connectivity index (χ2v) is 5.12. The highest BCUT2D eigenvalue weighted by atomic mass is 35.5. The molecule has 1 aromatic carbocycles. The van der Waals surface area contributed by atoms with Gasteiger partial charge in [-0.2, -0.15) is 0 Å². The molecule has 0 amide bonds. The molecule has 1 aromatic rings. The molecule has 0 aliphatic heterocycles. The molecule has 1 atom stereocenters. The second-order valence-electron chi connectivity index (χ2n) is 3.98. The molecule has 1 aliphatic rings. The van der Waals surface area contributed by atoms with Gasteiger partial charge in [-0.3, -0.25) is 4.79 Å². The Labute approximate surface area is 129 Å². The molecule has 0 fully saturated rings. The van der Waals surface area contributed by atoms with Gasteiger partial charge in [-0.15, -0.1) is 12.4 Å². The Morgan fingerprint density at radius 3 is 2.21 bits per heavy atom. The van der Waals surface area contributed by atoms with E-state index in [1.807, 2.05) is 36.4 Å². The molecule has 0 heterocycles. The van der Waals surface area contributed by atoms with Crippen molar-refractivity contribution in [2.45, 2.75) is 18.3 Å². The number of Topliss-reactive ketones (excluding diaryl/α,β-unsaturated/α-hetero) is 1. The Balaban J connectivity index is 0.000000324. The van der Waals surface area contributed by atoms with Gasteiger partial charge in [-0.1, -0.05) is 59.6 Å². The lowest BCUT2D eigenvalue weighted by Gasteiger charge is -2.18. The lowest BCUT2D eigenvalue weighted by Crippen LogP contribution is -2.30. The molecular formula is C14H16Cl3NO. The molecule has 2 rings (SSSR count). The maximum Gasteiger partial charge on any atom is 0.159 e. The first-order valence-electron chi connectivity index (χ1n) is 5.49. The topological polar surface area (TPSA) is 43.1 Å². The molecular weight excluding hydrogens is 305 g/mol. The summed E-state index contributed by atoms with van der Waals surface area (Å²) >= 11 is 11.3. The summed E-state index contributed by atoms with van der Waals surface area (Å²) in [5.74, 6) is 0.121. The van der Waals surface area contributed by atoms with Crippen LogP contribution in [0.5, 0.6) is 0 Å². The van der Waals surface area contributed by atoms with Crippen molar-refractivity contribution in [1.82, 2.24) is 0 Å². The van der Waals surface area contributed by atoms with Crippen LogP contribution in [-0.4, -0.2) is 10.8 Å². The fraction of sp³-hybridized carbons (Fsp3) is 0.214. The van der Waals surface area contributed by atoms with E-state index in [1.54, 1.807) is 19.1 Å². The predicted octanol–water partition coefficient (Wildman–Crippen LogP) is 4.27. The number of ketones is 1. The molecule has 0 aromatic heterocycles. The molecule has 0 saturated heterocycles. The van der Waals surface area contributed by atoms with Crippen LogP contribution in [0.3, 0.4) is 0 Å². The van der Waals surface area contributed by atoms with Crippen LogP contribution < -0.4 is 5.73 Å². The molecule has 0 saturated carbocycles. The van der Waals surface area contributed by atoms with Crippen molar-refractivity contribution in [3.05, 3.63) is 59.2 Å². The Hall–Kier alpha value is -0.800. The van der Waals surface area contributed by atoms with E-state index in [1.165, 1.54) is 0 Å². The van der Waals surface area contributed by atoms with Crippen LogP contribution in [0.2, 0.25) is 0 Å². The Morgan fingerprint density at radius 1 is 1.32 bits per heavy atom. The zero-order valence-corrected chi connectivity index (χ0v) is 12.8.